The van der Waals surface area contributed by atoms with Gasteiger partial charge in [-0.1, -0.05) is 70.2 Å². The Morgan fingerprint density at radius 1 is 0.909 bits per heavy atom. The molecule has 0 saturated carbocycles. The van der Waals surface area contributed by atoms with Gasteiger partial charge in [-0.05, 0) is 56.6 Å². The lowest BCUT2D eigenvalue weighted by molar-refractivity contribution is -0.159. The summed E-state index contributed by atoms with van der Waals surface area (Å²) in [7, 11) is -2.31. The second-order valence-electron chi connectivity index (χ2n) is 14.7. The molecule has 8 nitrogen and oxygen atoms in total. The van der Waals surface area contributed by atoms with E-state index in [9.17, 15) is 14.4 Å². The number of hydrogen-bond donors (Lipinski definition) is 0. The molecule has 0 bridgehead atoms. The first-order chi connectivity index (χ1) is 20.5. The molecule has 0 aliphatic carbocycles. The fourth-order valence-electron chi connectivity index (χ4n) is 5.40. The zero-order valence-corrected chi connectivity index (χ0v) is 28.7. The van der Waals surface area contributed by atoms with Crippen molar-refractivity contribution in [1.29, 1.82) is 0 Å². The van der Waals surface area contributed by atoms with Gasteiger partial charge < -0.3 is 18.6 Å². The monoisotopic (exact) mass is 623 g/mol. The van der Waals surface area contributed by atoms with Crippen molar-refractivity contribution < 1.29 is 33.0 Å². The summed E-state index contributed by atoms with van der Waals surface area (Å²) in [5.41, 5.74) is 1.24. The number of hydrogen-bond acceptors (Lipinski definition) is 7. The fraction of sp³-hybridized carbons (Fsp3) is 0.571. The summed E-state index contributed by atoms with van der Waals surface area (Å²) in [6.07, 6.45) is -1.11. The number of nitrogens with zero attached hydrogens (tertiary/aromatic N) is 1. The predicted octanol–water partition coefficient (Wildman–Crippen LogP) is 6.64. The van der Waals surface area contributed by atoms with Gasteiger partial charge in [0.15, 0.2) is 8.32 Å². The van der Waals surface area contributed by atoms with Crippen LogP contribution in [0.2, 0.25) is 18.1 Å². The van der Waals surface area contributed by atoms with Crippen LogP contribution in [0.15, 0.2) is 54.6 Å². The molecule has 9 heteroatoms. The molecule has 0 radical (unpaired) electrons. The van der Waals surface area contributed by atoms with Crippen LogP contribution in [0.4, 0.5) is 0 Å². The molecule has 2 aromatic rings. The standard InChI is InChI=1S/C35H49NO7Si/c1-23-28(42-29(22-41-33(39)34(2,3)4)30(23)40-21-24-15-11-10-12-16-24)19-25(43-44(8,9)35(5,6)7)20-36-31(37)26-17-13-14-18-27(26)32(36)38/h10-18,23,25,28-30H,19-22H2,1-9H3/t23-,25?,28+,29-,30?/m0/s1. The fourth-order valence-corrected chi connectivity index (χ4v) is 6.76. The third kappa shape index (κ3) is 7.68. The summed E-state index contributed by atoms with van der Waals surface area (Å²) < 4.78 is 25.6. The maximum absolute atomic E-state index is 13.3. The minimum absolute atomic E-state index is 0.0651. The molecule has 0 spiro atoms. The molecule has 2 aromatic carbocycles. The van der Waals surface area contributed by atoms with E-state index in [-0.39, 0.29) is 54.1 Å². The number of rotatable bonds is 11. The predicted molar refractivity (Wildman–Crippen MR) is 172 cm³/mol. The highest BCUT2D eigenvalue weighted by Gasteiger charge is 2.47. The molecule has 2 aliphatic heterocycles. The van der Waals surface area contributed by atoms with Crippen LogP contribution in [0, 0.1) is 11.3 Å². The lowest BCUT2D eigenvalue weighted by atomic mass is 9.94. The van der Waals surface area contributed by atoms with E-state index in [4.69, 9.17) is 18.6 Å². The van der Waals surface area contributed by atoms with E-state index < -0.39 is 25.9 Å². The molecule has 0 aromatic heterocycles. The topological polar surface area (TPSA) is 91.4 Å². The van der Waals surface area contributed by atoms with Gasteiger partial charge in [-0.25, -0.2) is 0 Å². The highest BCUT2D eigenvalue weighted by atomic mass is 28.4. The summed E-state index contributed by atoms with van der Waals surface area (Å²) in [6, 6.07) is 16.9. The van der Waals surface area contributed by atoms with E-state index in [1.165, 1.54) is 4.90 Å². The molecule has 240 valence electrons. The van der Waals surface area contributed by atoms with Crippen molar-refractivity contribution in [3.63, 3.8) is 0 Å². The number of benzene rings is 2. The van der Waals surface area contributed by atoms with Crippen LogP contribution in [0.5, 0.6) is 0 Å². The van der Waals surface area contributed by atoms with E-state index in [0.29, 0.717) is 24.2 Å². The minimum atomic E-state index is -2.31. The molecular formula is C35H49NO7Si. The molecular weight excluding hydrogens is 574 g/mol. The van der Waals surface area contributed by atoms with Gasteiger partial charge in [0, 0.05) is 12.3 Å². The second-order valence-corrected chi connectivity index (χ2v) is 19.4. The van der Waals surface area contributed by atoms with Gasteiger partial charge in [-0.2, -0.15) is 0 Å². The SMILES string of the molecule is C[C@@H]1C(OCc2ccccc2)[C@H](COC(=O)C(C)(C)C)O[C@@H]1CC(CN1C(=O)c2ccccc2C1=O)O[Si](C)(C)C(C)(C)C. The lowest BCUT2D eigenvalue weighted by Gasteiger charge is -2.40. The van der Waals surface area contributed by atoms with E-state index >= 15 is 0 Å². The third-order valence-electron chi connectivity index (χ3n) is 9.12. The van der Waals surface area contributed by atoms with Gasteiger partial charge in [-0.3, -0.25) is 19.3 Å². The summed E-state index contributed by atoms with van der Waals surface area (Å²) in [4.78, 5) is 40.6. The molecule has 2 heterocycles. The van der Waals surface area contributed by atoms with Gasteiger partial charge in [-0.15, -0.1) is 0 Å². The number of fused-ring (bicyclic) bond motifs is 1. The highest BCUT2D eigenvalue weighted by Crippen LogP contribution is 2.40. The Bertz CT molecular complexity index is 1300. The first-order valence-electron chi connectivity index (χ1n) is 15.6. The van der Waals surface area contributed by atoms with Gasteiger partial charge in [0.1, 0.15) is 12.7 Å². The van der Waals surface area contributed by atoms with E-state index in [1.807, 2.05) is 51.1 Å². The van der Waals surface area contributed by atoms with Crippen LogP contribution >= 0.6 is 0 Å². The number of carbonyl (C=O) groups is 3. The average Bonchev–Trinajstić information content (AvgIpc) is 3.37. The average molecular weight is 624 g/mol. The number of ether oxygens (including phenoxy) is 3. The van der Waals surface area contributed by atoms with E-state index in [2.05, 4.69) is 40.8 Å². The van der Waals surface area contributed by atoms with Crippen molar-refractivity contribution in [2.75, 3.05) is 13.2 Å². The Morgan fingerprint density at radius 2 is 1.48 bits per heavy atom. The number of amides is 2. The van der Waals surface area contributed by atoms with E-state index in [0.717, 1.165) is 5.56 Å². The molecule has 2 unspecified atom stereocenters. The number of esters is 1. The van der Waals surface area contributed by atoms with Crippen molar-refractivity contribution in [2.24, 2.45) is 11.3 Å². The minimum Gasteiger partial charge on any atom is -0.462 e. The van der Waals surface area contributed by atoms with Crippen LogP contribution in [0.25, 0.3) is 0 Å². The molecule has 1 saturated heterocycles. The molecule has 1 fully saturated rings. The molecule has 4 rings (SSSR count). The first-order valence-corrected chi connectivity index (χ1v) is 18.5. The lowest BCUT2D eigenvalue weighted by Crippen LogP contribution is -2.49. The largest absolute Gasteiger partial charge is 0.462 e. The van der Waals surface area contributed by atoms with Crippen molar-refractivity contribution in [3.05, 3.63) is 71.3 Å². The third-order valence-corrected chi connectivity index (χ3v) is 13.7. The molecule has 44 heavy (non-hydrogen) atoms. The molecule has 2 amide bonds. The van der Waals surface area contributed by atoms with Gasteiger partial charge in [0.05, 0.1) is 48.0 Å². The molecule has 2 aliphatic rings. The second kappa shape index (κ2) is 13.2. The summed E-state index contributed by atoms with van der Waals surface area (Å²) >= 11 is 0. The Hall–Kier alpha value is -2.85. The van der Waals surface area contributed by atoms with Crippen molar-refractivity contribution in [1.82, 2.24) is 4.90 Å². The number of carbonyl (C=O) groups excluding carboxylic acids is 3. The van der Waals surface area contributed by atoms with Crippen LogP contribution in [0.1, 0.15) is 81.2 Å². The maximum Gasteiger partial charge on any atom is 0.311 e. The molecule has 5 atom stereocenters. The van der Waals surface area contributed by atoms with Crippen molar-refractivity contribution in [3.8, 4) is 0 Å². The Kier molecular flexibility index (Phi) is 10.2. The first kappa shape index (κ1) is 34.0. The number of imide groups is 1. The van der Waals surface area contributed by atoms with E-state index in [1.54, 1.807) is 24.3 Å². The zero-order chi connectivity index (χ0) is 32.4. The smallest absolute Gasteiger partial charge is 0.311 e. The Balaban J connectivity index is 1.56. The zero-order valence-electron chi connectivity index (χ0n) is 27.7. The summed E-state index contributed by atoms with van der Waals surface area (Å²) in [5.74, 6) is -0.967. The van der Waals surface area contributed by atoms with Gasteiger partial charge in [0.2, 0.25) is 0 Å². The van der Waals surface area contributed by atoms with Crippen LogP contribution in [0.3, 0.4) is 0 Å². The van der Waals surface area contributed by atoms with Crippen LogP contribution in [-0.2, 0) is 30.0 Å². The van der Waals surface area contributed by atoms with Crippen LogP contribution in [-0.4, -0.2) is 68.6 Å². The van der Waals surface area contributed by atoms with Crippen molar-refractivity contribution in [2.45, 2.75) is 104 Å². The maximum atomic E-state index is 13.3. The van der Waals surface area contributed by atoms with Gasteiger partial charge in [0.25, 0.3) is 11.8 Å². The summed E-state index contributed by atoms with van der Waals surface area (Å²) in [5, 5.41) is -0.0829. The quantitative estimate of drug-likeness (QED) is 0.157. The Labute approximate surface area is 263 Å². The normalized spacial score (nSPS) is 23.2. The van der Waals surface area contributed by atoms with Gasteiger partial charge >= 0.3 is 5.97 Å². The highest BCUT2D eigenvalue weighted by molar-refractivity contribution is 6.74. The molecule has 0 N–H and O–H groups in total. The van der Waals surface area contributed by atoms with Crippen LogP contribution < -0.4 is 0 Å². The Morgan fingerprint density at radius 3 is 2.02 bits per heavy atom. The van der Waals surface area contributed by atoms with Crippen molar-refractivity contribution >= 4 is 26.1 Å². The summed E-state index contributed by atoms with van der Waals surface area (Å²) in [6.45, 7) is 19.0.